The van der Waals surface area contributed by atoms with Crippen molar-refractivity contribution in [2.45, 2.75) is 17.5 Å². The zero-order valence-corrected chi connectivity index (χ0v) is 15.7. The molecule has 13 heteroatoms. The molecule has 0 bridgehead atoms. The summed E-state index contributed by atoms with van der Waals surface area (Å²) >= 11 is 0. The van der Waals surface area contributed by atoms with Gasteiger partial charge in [-0.15, -0.1) is 0 Å². The van der Waals surface area contributed by atoms with Crippen molar-refractivity contribution in [3.63, 3.8) is 0 Å². The number of nitriles is 1. The van der Waals surface area contributed by atoms with E-state index in [9.17, 15) is 21.6 Å². The van der Waals surface area contributed by atoms with Crippen LogP contribution in [0, 0.1) is 11.3 Å². The summed E-state index contributed by atoms with van der Waals surface area (Å²) in [5.74, 6) is -0.361. The maximum absolute atomic E-state index is 12.4. The SMILES string of the molecule is N#Cc1cnc(Nc2ccc(S(=O)(=O)NCCCO)cc2)nc1NCC(F)(F)F. The Morgan fingerprint density at radius 1 is 1.21 bits per heavy atom. The second-order valence-corrected chi connectivity index (χ2v) is 7.43. The number of halogens is 3. The number of hydrogen-bond acceptors (Lipinski definition) is 8. The molecule has 0 aliphatic rings. The molecule has 0 atom stereocenters. The third kappa shape index (κ3) is 6.86. The van der Waals surface area contributed by atoms with Crippen molar-refractivity contribution < 1.29 is 26.7 Å². The minimum Gasteiger partial charge on any atom is -0.396 e. The van der Waals surface area contributed by atoms with E-state index in [1.165, 1.54) is 24.3 Å². The second kappa shape index (κ2) is 9.50. The summed E-state index contributed by atoms with van der Waals surface area (Å²) in [6.07, 6.45) is -3.14. The van der Waals surface area contributed by atoms with E-state index in [4.69, 9.17) is 10.4 Å². The normalized spacial score (nSPS) is 11.7. The van der Waals surface area contributed by atoms with Crippen LogP contribution >= 0.6 is 0 Å². The number of anilines is 3. The predicted molar refractivity (Wildman–Crippen MR) is 97.9 cm³/mol. The molecule has 0 amide bonds. The van der Waals surface area contributed by atoms with Gasteiger partial charge in [0.05, 0.1) is 11.1 Å². The maximum Gasteiger partial charge on any atom is 0.405 e. The summed E-state index contributed by atoms with van der Waals surface area (Å²) in [7, 11) is -3.73. The minimum atomic E-state index is -4.49. The van der Waals surface area contributed by atoms with Crippen LogP contribution in [0.4, 0.5) is 30.6 Å². The van der Waals surface area contributed by atoms with E-state index in [1.807, 2.05) is 5.32 Å². The average Bonchev–Trinajstić information content (AvgIpc) is 2.66. The number of sulfonamides is 1. The monoisotopic (exact) mass is 430 g/mol. The van der Waals surface area contributed by atoms with Crippen LogP contribution in [0.25, 0.3) is 0 Å². The summed E-state index contributed by atoms with van der Waals surface area (Å²) in [6, 6.07) is 7.17. The van der Waals surface area contributed by atoms with Crippen molar-refractivity contribution in [3.05, 3.63) is 36.0 Å². The Kier molecular flexibility index (Phi) is 7.32. The third-order valence-electron chi connectivity index (χ3n) is 3.41. The van der Waals surface area contributed by atoms with Gasteiger partial charge in [0, 0.05) is 18.8 Å². The summed E-state index contributed by atoms with van der Waals surface area (Å²) in [5.41, 5.74) is 0.223. The van der Waals surface area contributed by atoms with Gasteiger partial charge in [-0.3, -0.25) is 0 Å². The van der Waals surface area contributed by atoms with Crippen LogP contribution in [0.3, 0.4) is 0 Å². The number of alkyl halides is 3. The lowest BCUT2D eigenvalue weighted by Gasteiger charge is -2.12. The first kappa shape index (κ1) is 22.3. The summed E-state index contributed by atoms with van der Waals surface area (Å²) in [6.45, 7) is -1.42. The van der Waals surface area contributed by atoms with Gasteiger partial charge in [-0.1, -0.05) is 0 Å². The van der Waals surface area contributed by atoms with Crippen molar-refractivity contribution in [1.82, 2.24) is 14.7 Å². The van der Waals surface area contributed by atoms with E-state index in [1.54, 1.807) is 6.07 Å². The van der Waals surface area contributed by atoms with Crippen LogP contribution < -0.4 is 15.4 Å². The summed E-state index contributed by atoms with van der Waals surface area (Å²) in [5, 5.41) is 22.4. The van der Waals surface area contributed by atoms with Crippen LogP contribution in [0.5, 0.6) is 0 Å². The molecule has 0 unspecified atom stereocenters. The first-order valence-corrected chi connectivity index (χ1v) is 9.68. The van der Waals surface area contributed by atoms with Crippen LogP contribution in [0.1, 0.15) is 12.0 Å². The molecule has 9 nitrogen and oxygen atoms in total. The maximum atomic E-state index is 12.4. The molecule has 4 N–H and O–H groups in total. The highest BCUT2D eigenvalue weighted by molar-refractivity contribution is 7.89. The van der Waals surface area contributed by atoms with Gasteiger partial charge >= 0.3 is 6.18 Å². The summed E-state index contributed by atoms with van der Waals surface area (Å²) in [4.78, 5) is 7.70. The number of hydrogen-bond donors (Lipinski definition) is 4. The Balaban J connectivity index is 2.12. The fourth-order valence-corrected chi connectivity index (χ4v) is 3.13. The van der Waals surface area contributed by atoms with E-state index >= 15 is 0 Å². The smallest absolute Gasteiger partial charge is 0.396 e. The van der Waals surface area contributed by atoms with Crippen LogP contribution in [0.15, 0.2) is 35.4 Å². The van der Waals surface area contributed by atoms with Gasteiger partial charge in [0.2, 0.25) is 16.0 Å². The number of nitrogens with one attached hydrogen (secondary N) is 3. The molecule has 1 aromatic heterocycles. The lowest BCUT2D eigenvalue weighted by atomic mass is 10.3. The van der Waals surface area contributed by atoms with Crippen LogP contribution in [-0.2, 0) is 10.0 Å². The van der Waals surface area contributed by atoms with Crippen LogP contribution in [-0.4, -0.2) is 49.4 Å². The molecule has 0 saturated heterocycles. The molecule has 1 heterocycles. The Labute approximate surface area is 164 Å². The second-order valence-electron chi connectivity index (χ2n) is 5.66. The molecule has 2 rings (SSSR count). The van der Waals surface area contributed by atoms with Crippen molar-refractivity contribution in [3.8, 4) is 6.07 Å². The fraction of sp³-hybridized carbons (Fsp3) is 0.312. The topological polar surface area (TPSA) is 140 Å². The minimum absolute atomic E-state index is 0.00531. The number of aromatic nitrogens is 2. The summed E-state index contributed by atoms with van der Waals surface area (Å²) < 4.78 is 63.6. The molecule has 0 radical (unpaired) electrons. The van der Waals surface area contributed by atoms with Gasteiger partial charge in [0.1, 0.15) is 24.0 Å². The van der Waals surface area contributed by atoms with E-state index in [0.29, 0.717) is 5.69 Å². The highest BCUT2D eigenvalue weighted by Gasteiger charge is 2.27. The van der Waals surface area contributed by atoms with Crippen LogP contribution in [0.2, 0.25) is 0 Å². The van der Waals surface area contributed by atoms with Crippen molar-refractivity contribution in [2.24, 2.45) is 0 Å². The Hall–Kier alpha value is -2.95. The molecular formula is C16H17F3N6O3S. The quantitative estimate of drug-likeness (QED) is 0.441. The lowest BCUT2D eigenvalue weighted by molar-refractivity contribution is -0.115. The van der Waals surface area contributed by atoms with Gasteiger partial charge in [-0.05, 0) is 30.7 Å². The molecule has 1 aromatic carbocycles. The van der Waals surface area contributed by atoms with Gasteiger partial charge < -0.3 is 15.7 Å². The van der Waals surface area contributed by atoms with E-state index < -0.39 is 22.7 Å². The Bertz CT molecular complexity index is 975. The first-order valence-electron chi connectivity index (χ1n) is 8.20. The lowest BCUT2D eigenvalue weighted by Crippen LogP contribution is -2.25. The van der Waals surface area contributed by atoms with Gasteiger partial charge in [0.25, 0.3) is 0 Å². The highest BCUT2D eigenvalue weighted by atomic mass is 32.2. The molecule has 29 heavy (non-hydrogen) atoms. The molecule has 0 aliphatic heterocycles. The largest absolute Gasteiger partial charge is 0.405 e. The fourth-order valence-electron chi connectivity index (χ4n) is 2.06. The average molecular weight is 430 g/mol. The van der Waals surface area contributed by atoms with Gasteiger partial charge in [-0.25, -0.2) is 18.1 Å². The van der Waals surface area contributed by atoms with E-state index in [0.717, 1.165) is 6.20 Å². The van der Waals surface area contributed by atoms with Crippen molar-refractivity contribution in [1.29, 1.82) is 5.26 Å². The first-order chi connectivity index (χ1) is 13.6. The molecule has 0 spiro atoms. The van der Waals surface area contributed by atoms with Crippen molar-refractivity contribution >= 4 is 27.5 Å². The van der Waals surface area contributed by atoms with Gasteiger partial charge in [0.15, 0.2) is 0 Å². The molecule has 156 valence electrons. The van der Waals surface area contributed by atoms with E-state index in [-0.39, 0.29) is 41.8 Å². The molecule has 0 fully saturated rings. The number of aliphatic hydroxyl groups is 1. The number of aliphatic hydroxyl groups excluding tert-OH is 1. The van der Waals surface area contributed by atoms with Crippen molar-refractivity contribution in [2.75, 3.05) is 30.3 Å². The molecule has 2 aromatic rings. The van der Waals surface area contributed by atoms with Gasteiger partial charge in [-0.2, -0.15) is 23.4 Å². The van der Waals surface area contributed by atoms with E-state index in [2.05, 4.69) is 20.0 Å². The Morgan fingerprint density at radius 3 is 2.48 bits per heavy atom. The zero-order valence-electron chi connectivity index (χ0n) is 14.9. The molecule has 0 aliphatic carbocycles. The molecule has 0 saturated carbocycles. The Morgan fingerprint density at radius 2 is 1.90 bits per heavy atom. The standard InChI is InChI=1S/C16H17F3N6O3S/c17-16(18,19)10-22-14-11(8-20)9-21-15(25-14)24-12-2-4-13(5-3-12)29(27,28)23-6-1-7-26/h2-5,9,23,26H,1,6-7,10H2,(H2,21,22,24,25). The molecular weight excluding hydrogens is 413 g/mol. The number of rotatable bonds is 9. The number of benzene rings is 1. The number of nitrogens with zero attached hydrogens (tertiary/aromatic N) is 3. The predicted octanol–water partition coefficient (Wildman–Crippen LogP) is 1.73. The highest BCUT2D eigenvalue weighted by Crippen LogP contribution is 2.21. The zero-order chi connectivity index (χ0) is 21.5. The third-order valence-corrected chi connectivity index (χ3v) is 4.89.